The van der Waals surface area contributed by atoms with Gasteiger partial charge in [0.2, 0.25) is 0 Å². The maximum atomic E-state index is 14.4. The maximum Gasteiger partial charge on any atom is 0.435 e. The summed E-state index contributed by atoms with van der Waals surface area (Å²) in [5.41, 5.74) is -12.2. The van der Waals surface area contributed by atoms with Crippen molar-refractivity contribution in [3.05, 3.63) is 93.0 Å². The molecule has 0 bridgehead atoms. The molecule has 3 aromatic carbocycles. The Kier molecular flexibility index (Phi) is 9.16. The molecule has 0 aliphatic carbocycles. The third kappa shape index (κ3) is 6.66. The fourth-order valence-corrected chi connectivity index (χ4v) is 4.65. The van der Waals surface area contributed by atoms with E-state index in [1.165, 1.54) is 30.3 Å². The molecule has 0 aromatic heterocycles. The van der Waals surface area contributed by atoms with Crippen LogP contribution in [0.4, 0.5) is 55.3 Å². The van der Waals surface area contributed by atoms with E-state index in [2.05, 4.69) is 5.32 Å². The molecule has 0 saturated heterocycles. The van der Waals surface area contributed by atoms with Gasteiger partial charge in [-0.2, -0.15) is 39.5 Å². The van der Waals surface area contributed by atoms with Crippen LogP contribution in [0.15, 0.2) is 60.7 Å². The Morgan fingerprint density at radius 3 is 1.93 bits per heavy atom. The zero-order valence-electron chi connectivity index (χ0n) is 19.5. The average molecular weight is 747 g/mol. The molecule has 0 radical (unpaired) electrons. The minimum atomic E-state index is -6.66. The number of rotatable bonds is 5. The summed E-state index contributed by atoms with van der Waals surface area (Å²) in [5, 5.41) is 2.63. The monoisotopic (exact) mass is 746 g/mol. The van der Waals surface area contributed by atoms with Gasteiger partial charge < -0.3 is 5.32 Å². The number of halogens is 13. The lowest BCUT2D eigenvalue weighted by Gasteiger charge is -2.31. The van der Waals surface area contributed by atoms with Gasteiger partial charge >= 0.3 is 24.2 Å². The Hall–Kier alpha value is -2.79. The van der Waals surface area contributed by atoms with Gasteiger partial charge in [0.05, 0.1) is 44.7 Å². The first-order valence-corrected chi connectivity index (χ1v) is 12.3. The minimum absolute atomic E-state index is 0.0140. The smallest absolute Gasteiger partial charge is 0.322 e. The van der Waals surface area contributed by atoms with Crippen molar-refractivity contribution >= 4 is 69.3 Å². The molecule has 0 saturated carbocycles. The number of nitrogens with one attached hydrogen (secondary N) is 1. The van der Waals surface area contributed by atoms with E-state index in [1.54, 1.807) is 0 Å². The summed E-state index contributed by atoms with van der Waals surface area (Å²) >= 11 is 12.8. The largest absolute Gasteiger partial charge is 0.435 e. The summed E-state index contributed by atoms with van der Waals surface area (Å²) in [7, 11) is 0. The van der Waals surface area contributed by atoms with Crippen LogP contribution in [-0.2, 0) is 11.8 Å². The van der Waals surface area contributed by atoms with Crippen molar-refractivity contribution in [2.75, 3.05) is 8.43 Å². The van der Waals surface area contributed by atoms with Crippen LogP contribution in [-0.4, -0.2) is 24.2 Å². The van der Waals surface area contributed by atoms with Gasteiger partial charge in [0, 0.05) is 21.8 Å². The Balaban J connectivity index is 2.00. The number of carbonyl (C=O) groups excluding carboxylic acids is 2. The zero-order valence-corrected chi connectivity index (χ0v) is 23.1. The van der Waals surface area contributed by atoms with Crippen molar-refractivity contribution in [1.82, 2.24) is 0 Å². The van der Waals surface area contributed by atoms with Gasteiger partial charge in [-0.05, 0) is 48.5 Å². The number of benzene rings is 3. The lowest BCUT2D eigenvalue weighted by Crippen LogP contribution is -2.50. The summed E-state index contributed by atoms with van der Waals surface area (Å²) in [6.45, 7) is 0. The van der Waals surface area contributed by atoms with E-state index in [9.17, 15) is 53.5 Å². The van der Waals surface area contributed by atoms with E-state index in [4.69, 9.17) is 23.2 Å². The number of nitrogens with zero attached hydrogens (tertiary/aromatic N) is 1. The highest BCUT2D eigenvalue weighted by atomic mass is 127. The molecule has 220 valence electrons. The van der Waals surface area contributed by atoms with Gasteiger partial charge in [-0.15, -0.1) is 0 Å². The summed E-state index contributed by atoms with van der Waals surface area (Å²) in [6.07, 6.45) is -18.9. The molecule has 3 aromatic rings. The van der Waals surface area contributed by atoms with Crippen LogP contribution in [0.1, 0.15) is 31.8 Å². The molecule has 0 spiro atoms. The summed E-state index contributed by atoms with van der Waals surface area (Å²) < 4.78 is 135. The molecular formula is C24H11Cl2F10IN2O2. The van der Waals surface area contributed by atoms with Gasteiger partial charge in [0.15, 0.2) is 0 Å². The lowest BCUT2D eigenvalue weighted by molar-refractivity contribution is -0.348. The van der Waals surface area contributed by atoms with Crippen LogP contribution < -0.4 is 8.43 Å². The standard InChI is InChI=1S/C24H11Cl2F10IN2O2/c25-13-5-6-15(17(26)10-13)19(40)38-14-3-1-2-11(8-14)20(41)39(37)18-7-4-12(9-16(18)22(28,29)30)21(27,23(31,32)33)24(34,35)36/h1-10H,(H,38,40). The first-order chi connectivity index (χ1) is 18.7. The SMILES string of the molecule is O=C(Nc1cccc(C(=O)N(I)c2ccc(C(F)(C(F)(F)F)C(F)(F)F)cc2C(F)(F)F)c1)c1ccc(Cl)cc1Cl. The van der Waals surface area contributed by atoms with Crippen LogP contribution >= 0.6 is 46.1 Å². The van der Waals surface area contributed by atoms with E-state index in [0.29, 0.717) is 0 Å². The van der Waals surface area contributed by atoms with E-state index in [-0.39, 0.29) is 42.1 Å². The highest BCUT2D eigenvalue weighted by molar-refractivity contribution is 14.1. The molecule has 1 N–H and O–H groups in total. The number of hydrogen-bond acceptors (Lipinski definition) is 2. The van der Waals surface area contributed by atoms with E-state index in [1.807, 2.05) is 0 Å². The van der Waals surface area contributed by atoms with Crippen molar-refractivity contribution in [3.8, 4) is 0 Å². The average Bonchev–Trinajstić information content (AvgIpc) is 2.85. The molecule has 17 heteroatoms. The lowest BCUT2D eigenvalue weighted by atomic mass is 9.92. The Bertz CT molecular complexity index is 1480. The first kappa shape index (κ1) is 32.7. The summed E-state index contributed by atoms with van der Waals surface area (Å²) in [5.74, 6) is -1.97. The van der Waals surface area contributed by atoms with E-state index >= 15 is 0 Å². The molecule has 0 atom stereocenters. The van der Waals surface area contributed by atoms with Crippen LogP contribution in [0.25, 0.3) is 0 Å². The topological polar surface area (TPSA) is 49.4 Å². The number of hydrogen-bond donors (Lipinski definition) is 1. The first-order valence-electron chi connectivity index (χ1n) is 10.6. The molecule has 0 fully saturated rings. The molecular weight excluding hydrogens is 736 g/mol. The fourth-order valence-electron chi connectivity index (χ4n) is 3.46. The second-order valence-electron chi connectivity index (χ2n) is 8.13. The van der Waals surface area contributed by atoms with Gasteiger partial charge in [-0.25, -0.2) is 7.50 Å². The minimum Gasteiger partial charge on any atom is -0.322 e. The number of anilines is 2. The molecule has 0 unspecified atom stereocenters. The Morgan fingerprint density at radius 2 is 1.39 bits per heavy atom. The maximum absolute atomic E-state index is 14.4. The van der Waals surface area contributed by atoms with Crippen LogP contribution in [0.2, 0.25) is 10.0 Å². The van der Waals surface area contributed by atoms with E-state index in [0.717, 1.165) is 35.0 Å². The van der Waals surface area contributed by atoms with Crippen molar-refractivity contribution in [1.29, 1.82) is 0 Å². The number of carbonyl (C=O) groups is 2. The predicted molar refractivity (Wildman–Crippen MR) is 138 cm³/mol. The number of amides is 2. The molecule has 2 amide bonds. The van der Waals surface area contributed by atoms with Crippen LogP contribution in [0, 0.1) is 0 Å². The second kappa shape index (κ2) is 11.5. The quantitative estimate of drug-likeness (QED) is 0.161. The Labute approximate surface area is 247 Å². The summed E-state index contributed by atoms with van der Waals surface area (Å²) in [4.78, 5) is 25.5. The molecule has 4 nitrogen and oxygen atoms in total. The van der Waals surface area contributed by atoms with Gasteiger partial charge in [0.1, 0.15) is 0 Å². The highest BCUT2D eigenvalue weighted by Crippen LogP contribution is 2.54. The third-order valence-electron chi connectivity index (χ3n) is 5.41. The van der Waals surface area contributed by atoms with Crippen LogP contribution in [0.3, 0.4) is 0 Å². The molecule has 0 aliphatic rings. The predicted octanol–water partition coefficient (Wildman–Crippen LogP) is 9.55. The van der Waals surface area contributed by atoms with E-state index < -0.39 is 58.9 Å². The normalized spacial score (nSPS) is 12.7. The van der Waals surface area contributed by atoms with Gasteiger partial charge in [-0.1, -0.05) is 35.3 Å². The summed E-state index contributed by atoms with van der Waals surface area (Å²) in [6, 6.07) is 7.96. The molecule has 41 heavy (non-hydrogen) atoms. The molecule has 3 rings (SSSR count). The van der Waals surface area contributed by atoms with Crippen LogP contribution in [0.5, 0.6) is 0 Å². The van der Waals surface area contributed by atoms with Gasteiger partial charge in [-0.3, -0.25) is 9.59 Å². The molecule has 0 aliphatic heterocycles. The molecule has 0 heterocycles. The van der Waals surface area contributed by atoms with Crippen molar-refractivity contribution in [2.24, 2.45) is 0 Å². The third-order valence-corrected chi connectivity index (χ3v) is 6.92. The highest BCUT2D eigenvalue weighted by Gasteiger charge is 2.73. The zero-order chi connectivity index (χ0) is 31.1. The number of alkyl halides is 10. The van der Waals surface area contributed by atoms with Gasteiger partial charge in [0.25, 0.3) is 11.8 Å². The van der Waals surface area contributed by atoms with Crippen molar-refractivity contribution in [3.63, 3.8) is 0 Å². The van der Waals surface area contributed by atoms with Crippen molar-refractivity contribution < 1.29 is 53.5 Å². The second-order valence-corrected chi connectivity index (χ2v) is 9.94. The van der Waals surface area contributed by atoms with Crippen molar-refractivity contribution in [2.45, 2.75) is 24.2 Å². The fraction of sp³-hybridized carbons (Fsp3) is 0.167. The Morgan fingerprint density at radius 1 is 0.780 bits per heavy atom.